The normalized spacial score (nSPS) is 13.8. The molecule has 206 valence electrons. The van der Waals surface area contributed by atoms with Crippen LogP contribution in [0.4, 0.5) is 0 Å². The first-order valence-electron chi connectivity index (χ1n) is 15.5. The first kappa shape index (κ1) is 24.5. The summed E-state index contributed by atoms with van der Waals surface area (Å²) in [6.45, 7) is 2.28. The van der Waals surface area contributed by atoms with Crippen LogP contribution in [0.1, 0.15) is 36.3 Å². The number of hydrogen-bond donors (Lipinski definition) is 0. The van der Waals surface area contributed by atoms with Crippen molar-refractivity contribution >= 4 is 43.6 Å². The number of para-hydroxylation sites is 4. The summed E-state index contributed by atoms with van der Waals surface area (Å²) in [6, 6.07) is 49.3. The summed E-state index contributed by atoms with van der Waals surface area (Å²) in [5.41, 5.74) is 13.0. The van der Waals surface area contributed by atoms with Gasteiger partial charge in [-0.1, -0.05) is 91.3 Å². The molecule has 9 rings (SSSR count). The smallest absolute Gasteiger partial charge is 0.0541 e. The third kappa shape index (κ3) is 3.66. The summed E-state index contributed by atoms with van der Waals surface area (Å²) in [4.78, 5) is 0. The number of aromatic nitrogens is 2. The molecular formula is C41H32N2. The largest absolute Gasteiger partial charge is 0.309 e. The lowest BCUT2D eigenvalue weighted by molar-refractivity contribution is 0.420. The first-order chi connectivity index (χ1) is 21.3. The molecule has 8 aromatic rings. The third-order valence-corrected chi connectivity index (χ3v) is 9.76. The van der Waals surface area contributed by atoms with Crippen LogP contribution >= 0.6 is 0 Å². The van der Waals surface area contributed by atoms with Crippen LogP contribution in [-0.2, 0) is 0 Å². The van der Waals surface area contributed by atoms with E-state index in [0.29, 0.717) is 5.92 Å². The molecule has 0 saturated heterocycles. The van der Waals surface area contributed by atoms with Crippen molar-refractivity contribution < 1.29 is 0 Å². The quantitative estimate of drug-likeness (QED) is 0.205. The van der Waals surface area contributed by atoms with E-state index in [1.165, 1.54) is 96.5 Å². The van der Waals surface area contributed by atoms with Gasteiger partial charge in [0.25, 0.3) is 0 Å². The Balaban J connectivity index is 1.21. The first-order valence-corrected chi connectivity index (χ1v) is 15.5. The van der Waals surface area contributed by atoms with Crippen molar-refractivity contribution in [2.45, 2.75) is 32.1 Å². The molecule has 0 bridgehead atoms. The van der Waals surface area contributed by atoms with Crippen LogP contribution in [0.15, 0.2) is 133 Å². The Morgan fingerprint density at radius 3 is 1.30 bits per heavy atom. The topological polar surface area (TPSA) is 9.86 Å². The highest BCUT2D eigenvalue weighted by atomic mass is 15.0. The zero-order valence-electron chi connectivity index (χ0n) is 24.3. The number of nitrogens with zero attached hydrogens (tertiary/aromatic N) is 2. The summed E-state index contributed by atoms with van der Waals surface area (Å²) in [5.74, 6) is 0.611. The molecule has 0 aliphatic heterocycles. The molecule has 1 aliphatic carbocycles. The van der Waals surface area contributed by atoms with Crippen molar-refractivity contribution in [3.05, 3.63) is 145 Å². The fourth-order valence-electron chi connectivity index (χ4n) is 7.48. The van der Waals surface area contributed by atoms with E-state index in [4.69, 9.17) is 0 Å². The van der Waals surface area contributed by atoms with Gasteiger partial charge in [-0.15, -0.1) is 0 Å². The third-order valence-electron chi connectivity index (χ3n) is 9.76. The molecular weight excluding hydrogens is 520 g/mol. The van der Waals surface area contributed by atoms with Gasteiger partial charge in [-0.25, -0.2) is 0 Å². The molecule has 2 heterocycles. The highest BCUT2D eigenvalue weighted by molar-refractivity contribution is 6.10. The van der Waals surface area contributed by atoms with E-state index in [1.807, 2.05) is 0 Å². The summed E-state index contributed by atoms with van der Waals surface area (Å²) in [5, 5.41) is 5.22. The predicted molar refractivity (Wildman–Crippen MR) is 182 cm³/mol. The molecule has 0 N–H and O–H groups in total. The molecule has 0 spiro atoms. The fraction of sp³-hybridized carbons (Fsp3) is 0.122. The van der Waals surface area contributed by atoms with Gasteiger partial charge >= 0.3 is 0 Å². The molecule has 1 fully saturated rings. The van der Waals surface area contributed by atoms with Gasteiger partial charge in [0.15, 0.2) is 0 Å². The Bertz CT molecular complexity index is 2240. The Hall–Kier alpha value is -5.08. The monoisotopic (exact) mass is 552 g/mol. The summed E-state index contributed by atoms with van der Waals surface area (Å²) >= 11 is 0. The number of rotatable bonds is 4. The summed E-state index contributed by atoms with van der Waals surface area (Å²) < 4.78 is 4.87. The Labute approximate surface area is 251 Å². The lowest BCUT2D eigenvalue weighted by Gasteiger charge is -2.29. The highest BCUT2D eigenvalue weighted by Gasteiger charge is 2.25. The second-order valence-corrected chi connectivity index (χ2v) is 12.1. The number of benzene rings is 6. The van der Waals surface area contributed by atoms with E-state index < -0.39 is 0 Å². The number of fused-ring (bicyclic) bond motifs is 6. The van der Waals surface area contributed by atoms with Crippen LogP contribution < -0.4 is 0 Å². The number of aryl methyl sites for hydroxylation is 1. The van der Waals surface area contributed by atoms with Gasteiger partial charge in [-0.3, -0.25) is 0 Å². The van der Waals surface area contributed by atoms with Crippen molar-refractivity contribution in [1.82, 2.24) is 9.13 Å². The van der Waals surface area contributed by atoms with Gasteiger partial charge in [0.2, 0.25) is 0 Å². The van der Waals surface area contributed by atoms with E-state index in [-0.39, 0.29) is 0 Å². The van der Waals surface area contributed by atoms with Gasteiger partial charge in [0, 0.05) is 32.9 Å². The molecule has 0 atom stereocenters. The molecule has 1 saturated carbocycles. The Morgan fingerprint density at radius 2 is 0.884 bits per heavy atom. The molecule has 0 radical (unpaired) electrons. The standard InChI is InChI=1S/C41H32N2/c1-27-25-29(42-38-17-6-2-13-33(38)34-14-3-7-18-39(34)42)21-23-31(27)32-24-22-30(26-37(32)28-11-10-12-28)43-40-19-8-4-15-35(40)36-16-5-9-20-41(36)43/h2-9,13-26,28H,10-12H2,1H3. The predicted octanol–water partition coefficient (Wildman–Crippen LogP) is 11.1. The summed E-state index contributed by atoms with van der Waals surface area (Å²) in [7, 11) is 0. The van der Waals surface area contributed by atoms with E-state index in [9.17, 15) is 0 Å². The molecule has 0 amide bonds. The van der Waals surface area contributed by atoms with Crippen molar-refractivity contribution in [3.8, 4) is 22.5 Å². The van der Waals surface area contributed by atoms with Crippen LogP contribution in [0, 0.1) is 6.92 Å². The van der Waals surface area contributed by atoms with Crippen molar-refractivity contribution in [2.75, 3.05) is 0 Å². The minimum atomic E-state index is 0.611. The average Bonchev–Trinajstić information content (AvgIpc) is 3.54. The lowest BCUT2D eigenvalue weighted by atomic mass is 9.76. The van der Waals surface area contributed by atoms with Crippen molar-refractivity contribution in [2.24, 2.45) is 0 Å². The van der Waals surface area contributed by atoms with E-state index in [1.54, 1.807) is 0 Å². The zero-order chi connectivity index (χ0) is 28.5. The van der Waals surface area contributed by atoms with Gasteiger partial charge in [-0.2, -0.15) is 0 Å². The van der Waals surface area contributed by atoms with Crippen LogP contribution in [0.3, 0.4) is 0 Å². The molecule has 2 heteroatoms. The van der Waals surface area contributed by atoms with Crippen molar-refractivity contribution in [3.63, 3.8) is 0 Å². The maximum atomic E-state index is 2.48. The molecule has 43 heavy (non-hydrogen) atoms. The molecule has 6 aromatic carbocycles. The van der Waals surface area contributed by atoms with Gasteiger partial charge in [0.05, 0.1) is 22.1 Å². The highest BCUT2D eigenvalue weighted by Crippen LogP contribution is 2.44. The van der Waals surface area contributed by atoms with Gasteiger partial charge in [0.1, 0.15) is 0 Å². The van der Waals surface area contributed by atoms with Crippen LogP contribution in [-0.4, -0.2) is 9.13 Å². The Morgan fingerprint density at radius 1 is 0.465 bits per heavy atom. The molecule has 1 aliphatic rings. The second-order valence-electron chi connectivity index (χ2n) is 12.1. The van der Waals surface area contributed by atoms with Gasteiger partial charge in [-0.05, 0) is 96.5 Å². The van der Waals surface area contributed by atoms with Crippen molar-refractivity contribution in [1.29, 1.82) is 0 Å². The zero-order valence-corrected chi connectivity index (χ0v) is 24.3. The molecule has 2 aromatic heterocycles. The second kappa shape index (κ2) is 9.47. The molecule has 0 unspecified atom stereocenters. The van der Waals surface area contributed by atoms with Gasteiger partial charge < -0.3 is 9.13 Å². The van der Waals surface area contributed by atoms with Crippen LogP contribution in [0.2, 0.25) is 0 Å². The Kier molecular flexibility index (Phi) is 5.40. The van der Waals surface area contributed by atoms with E-state index in [0.717, 1.165) is 0 Å². The minimum Gasteiger partial charge on any atom is -0.309 e. The average molecular weight is 553 g/mol. The summed E-state index contributed by atoms with van der Waals surface area (Å²) in [6.07, 6.45) is 3.85. The fourth-order valence-corrected chi connectivity index (χ4v) is 7.48. The molecule has 2 nitrogen and oxygen atoms in total. The SMILES string of the molecule is Cc1cc(-n2c3ccccc3c3ccccc32)ccc1-c1ccc(-n2c3ccccc3c3ccccc32)cc1C1CCC1. The lowest BCUT2D eigenvalue weighted by Crippen LogP contribution is -2.11. The van der Waals surface area contributed by atoms with Crippen LogP contribution in [0.25, 0.3) is 66.1 Å². The minimum absolute atomic E-state index is 0.611. The van der Waals surface area contributed by atoms with E-state index >= 15 is 0 Å². The number of hydrogen-bond acceptors (Lipinski definition) is 0. The maximum absolute atomic E-state index is 2.48. The van der Waals surface area contributed by atoms with Crippen LogP contribution in [0.5, 0.6) is 0 Å². The maximum Gasteiger partial charge on any atom is 0.0541 e. The van der Waals surface area contributed by atoms with E-state index in [2.05, 4.69) is 150 Å².